The van der Waals surface area contributed by atoms with Crippen molar-refractivity contribution in [2.45, 2.75) is 32.3 Å². The largest absolute Gasteiger partial charge is 0.486 e. The number of carbonyl (C=O) groups is 1. The van der Waals surface area contributed by atoms with Crippen LogP contribution < -0.4 is 9.64 Å². The Kier molecular flexibility index (Phi) is 5.74. The first-order chi connectivity index (χ1) is 15.5. The van der Waals surface area contributed by atoms with E-state index in [0.717, 1.165) is 17.3 Å². The minimum Gasteiger partial charge on any atom is -0.486 e. The number of anilines is 1. The van der Waals surface area contributed by atoms with Gasteiger partial charge in [0.05, 0.1) is 29.3 Å². The molecular formula is C20H16F5N5O3. The van der Waals surface area contributed by atoms with Gasteiger partial charge in [-0.2, -0.15) is 18.3 Å². The summed E-state index contributed by atoms with van der Waals surface area (Å²) in [4.78, 5) is 22.1. The third-order valence-corrected chi connectivity index (χ3v) is 4.79. The predicted octanol–water partition coefficient (Wildman–Crippen LogP) is 3.51. The summed E-state index contributed by atoms with van der Waals surface area (Å²) in [6, 6.07) is 2.99. The van der Waals surface area contributed by atoms with E-state index >= 15 is 0 Å². The Morgan fingerprint density at radius 2 is 1.97 bits per heavy atom. The summed E-state index contributed by atoms with van der Waals surface area (Å²) < 4.78 is 68.2. The second kappa shape index (κ2) is 8.39. The first-order valence-electron chi connectivity index (χ1n) is 9.52. The van der Waals surface area contributed by atoms with Gasteiger partial charge in [-0.25, -0.2) is 13.8 Å². The maximum absolute atomic E-state index is 12.9. The minimum absolute atomic E-state index is 0.00234. The van der Waals surface area contributed by atoms with Crippen molar-refractivity contribution in [3.63, 3.8) is 0 Å². The molecule has 174 valence electrons. The standard InChI is InChI=1S/C20H16F5N5O3/c1-10-2-14(11-3-13(6-26-4-11)33-8-15(21)22)28-17-16(10)18(31)30(19(17)32)12-5-27-29(7-12)9-20(23,24)25/h2-7,15,19,32H,8-9H2,1H3. The molecule has 3 aromatic rings. The van der Waals surface area contributed by atoms with E-state index in [1.54, 1.807) is 13.0 Å². The van der Waals surface area contributed by atoms with Gasteiger partial charge in [0.2, 0.25) is 0 Å². The zero-order valence-electron chi connectivity index (χ0n) is 16.9. The second-order valence-electron chi connectivity index (χ2n) is 7.26. The number of carbonyl (C=O) groups excluding carboxylic acids is 1. The topological polar surface area (TPSA) is 93.4 Å². The second-order valence-corrected chi connectivity index (χ2v) is 7.26. The molecule has 0 aromatic carbocycles. The number of hydrogen-bond acceptors (Lipinski definition) is 6. The molecule has 8 nitrogen and oxygen atoms in total. The lowest BCUT2D eigenvalue weighted by molar-refractivity contribution is -0.142. The number of nitrogens with zero attached hydrogens (tertiary/aromatic N) is 5. The van der Waals surface area contributed by atoms with Crippen LogP contribution in [0.2, 0.25) is 0 Å². The molecule has 13 heteroatoms. The van der Waals surface area contributed by atoms with Crippen LogP contribution in [0.5, 0.6) is 5.75 Å². The van der Waals surface area contributed by atoms with Crippen molar-refractivity contribution >= 4 is 11.6 Å². The van der Waals surface area contributed by atoms with Gasteiger partial charge in [-0.3, -0.25) is 19.4 Å². The lowest BCUT2D eigenvalue weighted by Crippen LogP contribution is -2.27. The van der Waals surface area contributed by atoms with Crippen LogP contribution in [0.1, 0.15) is 27.8 Å². The number of rotatable bonds is 6. The molecule has 1 N–H and O–H groups in total. The monoisotopic (exact) mass is 469 g/mol. The zero-order valence-corrected chi connectivity index (χ0v) is 16.9. The summed E-state index contributed by atoms with van der Waals surface area (Å²) in [5.41, 5.74) is 1.21. The van der Waals surface area contributed by atoms with E-state index < -0.39 is 37.9 Å². The third-order valence-electron chi connectivity index (χ3n) is 4.79. The van der Waals surface area contributed by atoms with E-state index in [1.807, 2.05) is 0 Å². The Balaban J connectivity index is 1.65. The maximum atomic E-state index is 12.9. The zero-order chi connectivity index (χ0) is 23.9. The molecule has 1 aliphatic rings. The molecular weight excluding hydrogens is 453 g/mol. The molecule has 0 fully saturated rings. The van der Waals surface area contributed by atoms with Crippen molar-refractivity contribution in [3.05, 3.63) is 53.7 Å². The van der Waals surface area contributed by atoms with Gasteiger partial charge in [-0.05, 0) is 24.6 Å². The average Bonchev–Trinajstić information content (AvgIpc) is 3.27. The molecule has 1 atom stereocenters. The van der Waals surface area contributed by atoms with E-state index in [1.165, 1.54) is 18.5 Å². The molecule has 0 spiro atoms. The van der Waals surface area contributed by atoms with Gasteiger partial charge in [-0.1, -0.05) is 0 Å². The summed E-state index contributed by atoms with van der Waals surface area (Å²) >= 11 is 0. The van der Waals surface area contributed by atoms with Crippen LogP contribution in [0.15, 0.2) is 36.9 Å². The van der Waals surface area contributed by atoms with Gasteiger partial charge in [0.25, 0.3) is 12.3 Å². The van der Waals surface area contributed by atoms with Crippen molar-refractivity contribution in [1.82, 2.24) is 19.7 Å². The molecule has 0 aliphatic carbocycles. The number of ether oxygens (including phenoxy) is 1. The number of aliphatic hydroxyl groups excluding tert-OH is 1. The summed E-state index contributed by atoms with van der Waals surface area (Å²) in [5.74, 6) is -0.559. The molecule has 1 amide bonds. The Bertz CT molecular complexity index is 1200. The lowest BCUT2D eigenvalue weighted by atomic mass is 10.0. The van der Waals surface area contributed by atoms with E-state index in [9.17, 15) is 31.9 Å². The fourth-order valence-electron chi connectivity index (χ4n) is 3.47. The minimum atomic E-state index is -4.51. The molecule has 4 heterocycles. The number of pyridine rings is 2. The third kappa shape index (κ3) is 4.62. The smallest absolute Gasteiger partial charge is 0.408 e. The number of halogens is 5. The van der Waals surface area contributed by atoms with Crippen molar-refractivity contribution in [1.29, 1.82) is 0 Å². The van der Waals surface area contributed by atoms with Gasteiger partial charge in [-0.15, -0.1) is 0 Å². The molecule has 4 rings (SSSR count). The van der Waals surface area contributed by atoms with Crippen molar-refractivity contribution in [3.8, 4) is 17.0 Å². The van der Waals surface area contributed by atoms with Crippen molar-refractivity contribution in [2.75, 3.05) is 11.5 Å². The molecule has 0 saturated carbocycles. The molecule has 0 bridgehead atoms. The highest BCUT2D eigenvalue weighted by molar-refractivity contribution is 6.11. The van der Waals surface area contributed by atoms with Crippen LogP contribution in [-0.4, -0.2) is 50.0 Å². The van der Waals surface area contributed by atoms with Crippen LogP contribution in [-0.2, 0) is 6.54 Å². The van der Waals surface area contributed by atoms with Gasteiger partial charge in [0.15, 0.2) is 6.23 Å². The molecule has 33 heavy (non-hydrogen) atoms. The quantitative estimate of drug-likeness (QED) is 0.556. The molecule has 1 unspecified atom stereocenters. The molecule has 3 aromatic heterocycles. The van der Waals surface area contributed by atoms with E-state index in [0.29, 0.717) is 21.5 Å². The maximum Gasteiger partial charge on any atom is 0.408 e. The van der Waals surface area contributed by atoms with E-state index in [2.05, 4.69) is 15.1 Å². The van der Waals surface area contributed by atoms with Crippen LogP contribution in [0.4, 0.5) is 27.6 Å². The number of alkyl halides is 5. The van der Waals surface area contributed by atoms with Crippen molar-refractivity contribution in [2.24, 2.45) is 0 Å². The summed E-state index contributed by atoms with van der Waals surface area (Å²) in [6.45, 7) is -0.557. The number of aliphatic hydroxyl groups is 1. The summed E-state index contributed by atoms with van der Waals surface area (Å²) in [7, 11) is 0. The lowest BCUT2D eigenvalue weighted by Gasteiger charge is -2.18. The number of hydrogen-bond donors (Lipinski definition) is 1. The summed E-state index contributed by atoms with van der Waals surface area (Å²) in [6.07, 6.45) is -4.03. The van der Waals surface area contributed by atoms with Crippen LogP contribution in [0, 0.1) is 6.92 Å². The Hall–Kier alpha value is -3.61. The first kappa shape index (κ1) is 22.6. The highest BCUT2D eigenvalue weighted by Crippen LogP contribution is 2.38. The highest BCUT2D eigenvalue weighted by Gasteiger charge is 2.40. The average molecular weight is 469 g/mol. The van der Waals surface area contributed by atoms with Crippen molar-refractivity contribution < 1.29 is 36.6 Å². The highest BCUT2D eigenvalue weighted by atomic mass is 19.4. The number of fused-ring (bicyclic) bond motifs is 1. The van der Waals surface area contributed by atoms with Crippen LogP contribution in [0.3, 0.4) is 0 Å². The fourth-order valence-corrected chi connectivity index (χ4v) is 3.47. The first-order valence-corrected chi connectivity index (χ1v) is 9.52. The number of aromatic nitrogens is 4. The number of amides is 1. The fraction of sp³-hybridized carbons (Fsp3) is 0.300. The van der Waals surface area contributed by atoms with Gasteiger partial charge >= 0.3 is 6.18 Å². The van der Waals surface area contributed by atoms with Crippen LogP contribution >= 0.6 is 0 Å². The SMILES string of the molecule is Cc1cc(-c2cncc(OCC(F)F)c2)nc2c1C(=O)N(c1cnn(CC(F)(F)F)c1)C2O. The Morgan fingerprint density at radius 1 is 1.21 bits per heavy atom. The van der Waals surface area contributed by atoms with Gasteiger partial charge in [0.1, 0.15) is 24.6 Å². The summed E-state index contributed by atoms with van der Waals surface area (Å²) in [5, 5.41) is 14.4. The molecule has 0 radical (unpaired) electrons. The van der Waals surface area contributed by atoms with E-state index in [4.69, 9.17) is 4.74 Å². The normalized spacial score (nSPS) is 15.9. The molecule has 1 aliphatic heterocycles. The van der Waals surface area contributed by atoms with E-state index in [-0.39, 0.29) is 22.7 Å². The van der Waals surface area contributed by atoms with Gasteiger partial charge in [0, 0.05) is 18.0 Å². The predicted molar refractivity (Wildman–Crippen MR) is 104 cm³/mol. The number of aryl methyl sites for hydroxylation is 1. The van der Waals surface area contributed by atoms with Gasteiger partial charge < -0.3 is 9.84 Å². The van der Waals surface area contributed by atoms with Crippen LogP contribution in [0.25, 0.3) is 11.3 Å². The Morgan fingerprint density at radius 3 is 2.67 bits per heavy atom. The molecule has 0 saturated heterocycles. The Labute approximate surface area is 183 Å².